The first kappa shape index (κ1) is 23.0. The van der Waals surface area contributed by atoms with E-state index in [1.54, 1.807) is 12.1 Å². The summed E-state index contributed by atoms with van der Waals surface area (Å²) in [7, 11) is 0. The standard InChI is InChI=1S/C23H25F2N5O2S/c24-22(25)32-19-8-6-18(7-9-19)21-27-28-23(30(21)26)33-15-20(31)29-12-10-17(11-13-29)14-16-4-2-1-3-5-16/h1-9,17,22H,10-15,26H2. The van der Waals surface area contributed by atoms with Crippen molar-refractivity contribution in [2.24, 2.45) is 5.92 Å². The van der Waals surface area contributed by atoms with Crippen molar-refractivity contribution in [3.05, 3.63) is 60.2 Å². The van der Waals surface area contributed by atoms with E-state index in [0.29, 0.717) is 22.5 Å². The van der Waals surface area contributed by atoms with Crippen molar-refractivity contribution in [3.8, 4) is 17.1 Å². The van der Waals surface area contributed by atoms with E-state index >= 15 is 0 Å². The Morgan fingerprint density at radius 3 is 2.45 bits per heavy atom. The molecule has 10 heteroatoms. The van der Waals surface area contributed by atoms with Crippen LogP contribution in [0.25, 0.3) is 11.4 Å². The van der Waals surface area contributed by atoms with Crippen molar-refractivity contribution in [2.45, 2.75) is 31.0 Å². The summed E-state index contributed by atoms with van der Waals surface area (Å²) in [4.78, 5) is 14.6. The van der Waals surface area contributed by atoms with Crippen LogP contribution in [0.5, 0.6) is 5.75 Å². The third-order valence-electron chi connectivity index (χ3n) is 5.66. The van der Waals surface area contributed by atoms with E-state index in [1.165, 1.54) is 34.1 Å². The summed E-state index contributed by atoms with van der Waals surface area (Å²) in [6.07, 6.45) is 3.04. The highest BCUT2D eigenvalue weighted by atomic mass is 32.2. The second-order valence-electron chi connectivity index (χ2n) is 7.88. The number of alkyl halides is 2. The summed E-state index contributed by atoms with van der Waals surface area (Å²) in [5.74, 6) is 7.39. The Kier molecular flexibility index (Phi) is 7.43. The zero-order valence-corrected chi connectivity index (χ0v) is 18.8. The van der Waals surface area contributed by atoms with Gasteiger partial charge in [-0.25, -0.2) is 4.68 Å². The van der Waals surface area contributed by atoms with Crippen molar-refractivity contribution in [3.63, 3.8) is 0 Å². The average Bonchev–Trinajstić information content (AvgIpc) is 3.19. The zero-order valence-electron chi connectivity index (χ0n) is 17.9. The second-order valence-corrected chi connectivity index (χ2v) is 8.82. The van der Waals surface area contributed by atoms with Crippen molar-refractivity contribution in [1.82, 2.24) is 19.8 Å². The number of nitrogens with zero attached hydrogens (tertiary/aromatic N) is 4. The maximum atomic E-state index is 12.7. The van der Waals surface area contributed by atoms with Gasteiger partial charge in [0.15, 0.2) is 5.82 Å². The number of carbonyl (C=O) groups excluding carboxylic acids is 1. The molecule has 0 radical (unpaired) electrons. The average molecular weight is 474 g/mol. The number of thioether (sulfide) groups is 1. The quantitative estimate of drug-likeness (QED) is 0.395. The lowest BCUT2D eigenvalue weighted by Crippen LogP contribution is -2.39. The number of rotatable bonds is 8. The van der Waals surface area contributed by atoms with E-state index in [4.69, 9.17) is 5.84 Å². The third-order valence-corrected chi connectivity index (χ3v) is 6.59. The van der Waals surface area contributed by atoms with Gasteiger partial charge in [0.2, 0.25) is 11.1 Å². The maximum Gasteiger partial charge on any atom is 0.387 e. The number of halogens is 2. The Hall–Kier alpha value is -3.14. The van der Waals surface area contributed by atoms with E-state index in [-0.39, 0.29) is 17.4 Å². The van der Waals surface area contributed by atoms with Gasteiger partial charge in [-0.05, 0) is 55.0 Å². The number of hydrogen-bond donors (Lipinski definition) is 1. The first-order valence-corrected chi connectivity index (χ1v) is 11.7. The van der Waals surface area contributed by atoms with Crippen molar-refractivity contribution in [2.75, 3.05) is 24.7 Å². The lowest BCUT2D eigenvalue weighted by atomic mass is 9.90. The van der Waals surface area contributed by atoms with Crippen LogP contribution in [0.2, 0.25) is 0 Å². The molecule has 1 amide bonds. The molecule has 0 spiro atoms. The van der Waals surface area contributed by atoms with Gasteiger partial charge in [0.05, 0.1) is 5.75 Å². The molecule has 2 N–H and O–H groups in total. The molecule has 0 aliphatic carbocycles. The van der Waals surface area contributed by atoms with Crippen LogP contribution >= 0.6 is 11.8 Å². The molecule has 1 aliphatic rings. The summed E-state index contributed by atoms with van der Waals surface area (Å²) in [6.45, 7) is -1.38. The molecule has 0 unspecified atom stereocenters. The lowest BCUT2D eigenvalue weighted by Gasteiger charge is -2.32. The van der Waals surface area contributed by atoms with Crippen LogP contribution < -0.4 is 10.6 Å². The molecule has 0 bridgehead atoms. The molecule has 2 aromatic carbocycles. The van der Waals surface area contributed by atoms with Crippen LogP contribution in [0.4, 0.5) is 8.78 Å². The van der Waals surface area contributed by atoms with Crippen LogP contribution in [-0.4, -0.2) is 51.1 Å². The highest BCUT2D eigenvalue weighted by Crippen LogP contribution is 2.26. The molecule has 2 heterocycles. The van der Waals surface area contributed by atoms with Crippen LogP contribution in [0, 0.1) is 5.92 Å². The van der Waals surface area contributed by atoms with Crippen molar-refractivity contribution in [1.29, 1.82) is 0 Å². The molecular formula is C23H25F2N5O2S. The minimum atomic E-state index is -2.88. The summed E-state index contributed by atoms with van der Waals surface area (Å²) >= 11 is 1.23. The van der Waals surface area contributed by atoms with E-state index in [2.05, 4.69) is 39.2 Å². The van der Waals surface area contributed by atoms with Crippen LogP contribution in [-0.2, 0) is 11.2 Å². The van der Waals surface area contributed by atoms with Crippen LogP contribution in [0.3, 0.4) is 0 Å². The first-order chi connectivity index (χ1) is 16.0. The Labute approximate surface area is 194 Å². The normalized spacial score (nSPS) is 14.6. The predicted molar refractivity (Wildman–Crippen MR) is 122 cm³/mol. The number of aromatic nitrogens is 3. The zero-order chi connectivity index (χ0) is 23.2. The number of piperidine rings is 1. The molecule has 1 fully saturated rings. The maximum absolute atomic E-state index is 12.7. The number of benzene rings is 2. The predicted octanol–water partition coefficient (Wildman–Crippen LogP) is 3.83. The minimum absolute atomic E-state index is 0.0459. The monoisotopic (exact) mass is 473 g/mol. The van der Waals surface area contributed by atoms with Gasteiger partial charge in [0.25, 0.3) is 0 Å². The van der Waals surface area contributed by atoms with Crippen LogP contribution in [0.1, 0.15) is 18.4 Å². The number of nitrogens with two attached hydrogens (primary N) is 1. The Morgan fingerprint density at radius 1 is 1.09 bits per heavy atom. The highest BCUT2D eigenvalue weighted by molar-refractivity contribution is 7.99. The van der Waals surface area contributed by atoms with Gasteiger partial charge in [-0.2, -0.15) is 8.78 Å². The fourth-order valence-electron chi connectivity index (χ4n) is 3.91. The lowest BCUT2D eigenvalue weighted by molar-refractivity contribution is -0.129. The molecule has 7 nitrogen and oxygen atoms in total. The van der Waals surface area contributed by atoms with Gasteiger partial charge < -0.3 is 15.5 Å². The first-order valence-electron chi connectivity index (χ1n) is 10.7. The minimum Gasteiger partial charge on any atom is -0.435 e. The Balaban J connectivity index is 1.27. The van der Waals surface area contributed by atoms with E-state index in [0.717, 1.165) is 32.4 Å². The number of likely N-dealkylation sites (tertiary alicyclic amines) is 1. The summed E-state index contributed by atoms with van der Waals surface area (Å²) in [6, 6.07) is 16.4. The van der Waals surface area contributed by atoms with E-state index in [1.807, 2.05) is 11.0 Å². The molecule has 1 saturated heterocycles. The van der Waals surface area contributed by atoms with Gasteiger partial charge in [0.1, 0.15) is 5.75 Å². The molecule has 174 valence electrons. The topological polar surface area (TPSA) is 86.3 Å². The fourth-order valence-corrected chi connectivity index (χ4v) is 4.67. The summed E-state index contributed by atoms with van der Waals surface area (Å²) in [5, 5.41) is 8.55. The van der Waals surface area contributed by atoms with Gasteiger partial charge in [-0.3, -0.25) is 4.79 Å². The van der Waals surface area contributed by atoms with Crippen molar-refractivity contribution < 1.29 is 18.3 Å². The van der Waals surface area contributed by atoms with E-state index < -0.39 is 6.61 Å². The highest BCUT2D eigenvalue weighted by Gasteiger charge is 2.24. The SMILES string of the molecule is Nn1c(SCC(=O)N2CCC(Cc3ccccc3)CC2)nnc1-c1ccc(OC(F)F)cc1. The molecule has 4 rings (SSSR count). The Bertz CT molecular complexity index is 1050. The molecule has 1 aromatic heterocycles. The van der Waals surface area contributed by atoms with Crippen LogP contribution in [0.15, 0.2) is 59.8 Å². The largest absolute Gasteiger partial charge is 0.435 e. The molecule has 0 saturated carbocycles. The van der Waals surface area contributed by atoms with E-state index in [9.17, 15) is 13.6 Å². The summed E-state index contributed by atoms with van der Waals surface area (Å²) < 4.78 is 30.2. The number of nitrogen functional groups attached to an aromatic ring is 1. The molecular weight excluding hydrogens is 448 g/mol. The Morgan fingerprint density at radius 2 is 1.79 bits per heavy atom. The fraction of sp³-hybridized carbons (Fsp3) is 0.348. The molecule has 1 aliphatic heterocycles. The van der Waals surface area contributed by atoms with Gasteiger partial charge in [-0.1, -0.05) is 42.1 Å². The van der Waals surface area contributed by atoms with Crippen molar-refractivity contribution >= 4 is 17.7 Å². The number of amides is 1. The number of ether oxygens (including phenoxy) is 1. The smallest absolute Gasteiger partial charge is 0.387 e. The molecule has 33 heavy (non-hydrogen) atoms. The van der Waals surface area contributed by atoms with Gasteiger partial charge >= 0.3 is 6.61 Å². The number of hydrogen-bond acceptors (Lipinski definition) is 6. The molecule has 0 atom stereocenters. The van der Waals surface area contributed by atoms with Gasteiger partial charge in [-0.15, -0.1) is 10.2 Å². The molecule has 3 aromatic rings. The second kappa shape index (κ2) is 10.7. The van der Waals surface area contributed by atoms with Gasteiger partial charge in [0, 0.05) is 18.7 Å². The third kappa shape index (κ3) is 6.01. The number of carbonyl (C=O) groups is 1. The summed E-state index contributed by atoms with van der Waals surface area (Å²) in [5.41, 5.74) is 1.94.